The number of methoxy groups -OCH3 is 1. The quantitative estimate of drug-likeness (QED) is 0.526. The number of benzene rings is 1. The highest BCUT2D eigenvalue weighted by molar-refractivity contribution is 6.03. The van der Waals surface area contributed by atoms with Gasteiger partial charge in [-0.2, -0.15) is 4.98 Å². The maximum atomic E-state index is 12.2. The highest BCUT2D eigenvalue weighted by Crippen LogP contribution is 2.28. The van der Waals surface area contributed by atoms with Crippen molar-refractivity contribution in [1.29, 1.82) is 0 Å². The Kier molecular flexibility index (Phi) is 5.51. The van der Waals surface area contributed by atoms with Crippen LogP contribution in [0.1, 0.15) is 16.6 Å². The molecule has 0 spiro atoms. The molecule has 2 aromatic rings. The molecule has 1 aromatic heterocycles. The maximum Gasteiger partial charge on any atom is 0.351 e. The molecule has 1 aliphatic rings. The molecule has 0 bridgehead atoms. The third kappa shape index (κ3) is 3.83. The molecule has 2 heterocycles. The van der Waals surface area contributed by atoms with Crippen LogP contribution < -0.4 is 15.7 Å². The fraction of sp³-hybridized carbons (Fsp3) is 0.353. The number of amides is 1. The molecule has 4 atom stereocenters. The fourth-order valence-electron chi connectivity index (χ4n) is 2.72. The molecule has 27 heavy (non-hydrogen) atoms. The van der Waals surface area contributed by atoms with Crippen molar-refractivity contribution in [2.75, 3.05) is 19.0 Å². The second kappa shape index (κ2) is 7.84. The van der Waals surface area contributed by atoms with Crippen molar-refractivity contribution in [3.8, 4) is 5.75 Å². The Balaban J connectivity index is 1.75. The largest absolute Gasteiger partial charge is 0.497 e. The number of ether oxygens (including phenoxy) is 2. The van der Waals surface area contributed by atoms with E-state index in [0.29, 0.717) is 11.3 Å². The van der Waals surface area contributed by atoms with Gasteiger partial charge in [-0.3, -0.25) is 9.36 Å². The highest BCUT2D eigenvalue weighted by Gasteiger charge is 2.43. The molecule has 1 amide bonds. The normalized spacial score (nSPS) is 24.6. The fourth-order valence-corrected chi connectivity index (χ4v) is 2.72. The molecule has 10 heteroatoms. The van der Waals surface area contributed by atoms with Crippen LogP contribution in [0.25, 0.3) is 0 Å². The van der Waals surface area contributed by atoms with Crippen LogP contribution in [-0.4, -0.2) is 62.8 Å². The third-order valence-corrected chi connectivity index (χ3v) is 4.22. The summed E-state index contributed by atoms with van der Waals surface area (Å²) in [5, 5.41) is 31.4. The Morgan fingerprint density at radius 2 is 1.96 bits per heavy atom. The molecule has 0 unspecified atom stereocenters. The number of carbonyl (C=O) groups is 1. The topological polar surface area (TPSA) is 143 Å². The summed E-state index contributed by atoms with van der Waals surface area (Å²) in [6.07, 6.45) is -3.66. The summed E-state index contributed by atoms with van der Waals surface area (Å²) in [4.78, 5) is 28.2. The van der Waals surface area contributed by atoms with Crippen LogP contribution in [0.15, 0.2) is 41.3 Å². The van der Waals surface area contributed by atoms with Gasteiger partial charge in [0.15, 0.2) is 6.23 Å². The van der Waals surface area contributed by atoms with Crippen molar-refractivity contribution in [1.82, 2.24) is 9.55 Å². The summed E-state index contributed by atoms with van der Waals surface area (Å²) in [5.74, 6) is 0.157. The van der Waals surface area contributed by atoms with Crippen LogP contribution in [0.3, 0.4) is 0 Å². The smallest absolute Gasteiger partial charge is 0.351 e. The molecule has 0 radical (unpaired) electrons. The zero-order chi connectivity index (χ0) is 19.6. The molecule has 0 aliphatic carbocycles. The molecule has 144 valence electrons. The summed E-state index contributed by atoms with van der Waals surface area (Å²) in [6, 6.07) is 7.74. The molecule has 1 aliphatic heterocycles. The van der Waals surface area contributed by atoms with Gasteiger partial charge in [-0.1, -0.05) is 0 Å². The van der Waals surface area contributed by atoms with E-state index in [4.69, 9.17) is 14.6 Å². The van der Waals surface area contributed by atoms with E-state index in [9.17, 15) is 19.8 Å². The van der Waals surface area contributed by atoms with Crippen molar-refractivity contribution < 1.29 is 29.6 Å². The summed E-state index contributed by atoms with van der Waals surface area (Å²) in [7, 11) is 1.51. The van der Waals surface area contributed by atoms with Crippen LogP contribution in [0.2, 0.25) is 0 Å². The van der Waals surface area contributed by atoms with Crippen molar-refractivity contribution >= 4 is 11.7 Å². The third-order valence-electron chi connectivity index (χ3n) is 4.22. The summed E-state index contributed by atoms with van der Waals surface area (Å²) >= 11 is 0. The lowest BCUT2D eigenvalue weighted by molar-refractivity contribution is -0.0549. The van der Waals surface area contributed by atoms with Gasteiger partial charge in [0.25, 0.3) is 5.91 Å². The molecule has 4 N–H and O–H groups in total. The predicted molar refractivity (Wildman–Crippen MR) is 92.5 cm³/mol. The number of aliphatic hydroxyl groups excluding tert-OH is 3. The number of rotatable bonds is 5. The number of hydrogen-bond donors (Lipinski definition) is 4. The minimum absolute atomic E-state index is 0.0174. The lowest BCUT2D eigenvalue weighted by atomic mass is 10.1. The van der Waals surface area contributed by atoms with Gasteiger partial charge in [-0.05, 0) is 30.3 Å². The maximum absolute atomic E-state index is 12.2. The van der Waals surface area contributed by atoms with E-state index in [0.717, 1.165) is 4.57 Å². The Morgan fingerprint density at radius 3 is 2.52 bits per heavy atom. The summed E-state index contributed by atoms with van der Waals surface area (Å²) in [6.45, 7) is -0.507. The molecule has 0 saturated carbocycles. The molecule has 1 saturated heterocycles. The van der Waals surface area contributed by atoms with Gasteiger partial charge < -0.3 is 30.1 Å². The minimum atomic E-state index is -1.40. The van der Waals surface area contributed by atoms with E-state index in [2.05, 4.69) is 10.3 Å². The first-order valence-corrected chi connectivity index (χ1v) is 8.11. The second-order valence-electron chi connectivity index (χ2n) is 5.91. The van der Waals surface area contributed by atoms with E-state index in [1.54, 1.807) is 24.3 Å². The van der Waals surface area contributed by atoms with Crippen molar-refractivity contribution in [3.05, 3.63) is 52.6 Å². The number of nitrogens with one attached hydrogen (secondary N) is 1. The highest BCUT2D eigenvalue weighted by atomic mass is 16.6. The number of aliphatic hydroxyl groups is 3. The SMILES string of the molecule is COc1ccc(C(=O)Nc2ccn([C@@H]3O[C@H](CO)[C@H](O)[C@H]3O)c(=O)n2)cc1. The number of nitrogens with zero attached hydrogens (tertiary/aromatic N) is 2. The Labute approximate surface area is 153 Å². The van der Waals surface area contributed by atoms with Gasteiger partial charge in [0, 0.05) is 11.8 Å². The molecular formula is C17H19N3O7. The lowest BCUT2D eigenvalue weighted by Gasteiger charge is -2.17. The molecule has 10 nitrogen and oxygen atoms in total. The first-order chi connectivity index (χ1) is 12.9. The Morgan fingerprint density at radius 1 is 1.26 bits per heavy atom. The van der Waals surface area contributed by atoms with E-state index in [1.807, 2.05) is 0 Å². The molecular weight excluding hydrogens is 358 g/mol. The van der Waals surface area contributed by atoms with Crippen LogP contribution >= 0.6 is 0 Å². The predicted octanol–water partition coefficient (Wildman–Crippen LogP) is -0.884. The number of aromatic nitrogens is 2. The van der Waals surface area contributed by atoms with Crippen molar-refractivity contribution in [2.45, 2.75) is 24.5 Å². The molecule has 1 aromatic carbocycles. The summed E-state index contributed by atoms with van der Waals surface area (Å²) < 4.78 is 11.3. The second-order valence-corrected chi connectivity index (χ2v) is 5.91. The average Bonchev–Trinajstić information content (AvgIpc) is 2.96. The number of anilines is 1. The first kappa shape index (κ1) is 19.0. The van der Waals surface area contributed by atoms with Gasteiger partial charge in [-0.15, -0.1) is 0 Å². The number of carbonyl (C=O) groups excluding carboxylic acids is 1. The first-order valence-electron chi connectivity index (χ1n) is 8.11. The van der Waals surface area contributed by atoms with Crippen molar-refractivity contribution in [2.24, 2.45) is 0 Å². The zero-order valence-electron chi connectivity index (χ0n) is 14.3. The van der Waals surface area contributed by atoms with Crippen LogP contribution in [-0.2, 0) is 4.74 Å². The van der Waals surface area contributed by atoms with Gasteiger partial charge in [-0.25, -0.2) is 4.79 Å². The minimum Gasteiger partial charge on any atom is -0.497 e. The Bertz CT molecular complexity index is 868. The van der Waals surface area contributed by atoms with E-state index in [1.165, 1.54) is 19.4 Å². The van der Waals surface area contributed by atoms with E-state index >= 15 is 0 Å². The summed E-state index contributed by atoms with van der Waals surface area (Å²) in [5.41, 5.74) is -0.442. The monoisotopic (exact) mass is 377 g/mol. The molecule has 3 rings (SSSR count). The van der Waals surface area contributed by atoms with Crippen LogP contribution in [0.5, 0.6) is 5.75 Å². The zero-order valence-corrected chi connectivity index (χ0v) is 14.3. The number of hydrogen-bond acceptors (Lipinski definition) is 8. The van der Waals surface area contributed by atoms with E-state index in [-0.39, 0.29) is 5.82 Å². The van der Waals surface area contributed by atoms with Crippen molar-refractivity contribution in [3.63, 3.8) is 0 Å². The van der Waals surface area contributed by atoms with Crippen LogP contribution in [0.4, 0.5) is 5.82 Å². The van der Waals surface area contributed by atoms with Crippen LogP contribution in [0, 0.1) is 0 Å². The van der Waals surface area contributed by atoms with Gasteiger partial charge in [0.1, 0.15) is 29.9 Å². The van der Waals surface area contributed by atoms with Gasteiger partial charge in [0.05, 0.1) is 13.7 Å². The standard InChI is InChI=1S/C17H19N3O7/c1-26-10-4-2-9(3-5-10)15(24)18-12-6-7-20(17(25)19-12)16-14(23)13(22)11(8-21)27-16/h2-7,11,13-14,16,21-23H,8H2,1H3,(H,18,19,24,25)/t11-,13+,14-,16-/m1/s1. The average molecular weight is 377 g/mol. The van der Waals surface area contributed by atoms with E-state index < -0.39 is 42.7 Å². The molecule has 1 fully saturated rings. The van der Waals surface area contributed by atoms with Gasteiger partial charge in [0.2, 0.25) is 0 Å². The van der Waals surface area contributed by atoms with Gasteiger partial charge >= 0.3 is 5.69 Å². The lowest BCUT2D eigenvalue weighted by Crippen LogP contribution is -2.36. The Hall–Kier alpha value is -2.79.